The van der Waals surface area contributed by atoms with Crippen molar-refractivity contribution in [1.82, 2.24) is 15.1 Å². The maximum Gasteiger partial charge on any atom is 0.262 e. The highest BCUT2D eigenvalue weighted by Crippen LogP contribution is 2.24. The fourth-order valence-electron chi connectivity index (χ4n) is 3.23. The molecular weight excluding hydrogens is 312 g/mol. The predicted molar refractivity (Wildman–Crippen MR) is 96.7 cm³/mol. The third-order valence-electron chi connectivity index (χ3n) is 4.73. The van der Waals surface area contributed by atoms with Crippen molar-refractivity contribution < 1.29 is 4.79 Å². The second-order valence-electron chi connectivity index (χ2n) is 6.57. The van der Waals surface area contributed by atoms with E-state index < -0.39 is 0 Å². The normalized spacial score (nSPS) is 20.7. The molecule has 0 spiro atoms. The summed E-state index contributed by atoms with van der Waals surface area (Å²) in [6.45, 7) is 2.16. The van der Waals surface area contributed by atoms with Gasteiger partial charge in [-0.25, -0.2) is 4.68 Å². The van der Waals surface area contributed by atoms with Crippen LogP contribution in [0, 0.1) is 17.2 Å². The molecule has 1 aliphatic carbocycles. The summed E-state index contributed by atoms with van der Waals surface area (Å²) in [6.07, 6.45) is 9.51. The van der Waals surface area contributed by atoms with Gasteiger partial charge in [0.2, 0.25) is 0 Å². The predicted octanol–water partition coefficient (Wildman–Crippen LogP) is 3.47. The number of nitrogens with zero attached hydrogens (tertiary/aromatic N) is 3. The van der Waals surface area contributed by atoms with Crippen LogP contribution in [0.15, 0.2) is 48.3 Å². The zero-order chi connectivity index (χ0) is 17.6. The van der Waals surface area contributed by atoms with Crippen LogP contribution >= 0.6 is 0 Å². The minimum atomic E-state index is -0.297. The molecule has 1 heterocycles. The molecule has 2 aromatic rings. The molecule has 1 fully saturated rings. The van der Waals surface area contributed by atoms with Crippen molar-refractivity contribution in [3.63, 3.8) is 0 Å². The molecule has 0 bridgehead atoms. The second-order valence-corrected chi connectivity index (χ2v) is 6.57. The van der Waals surface area contributed by atoms with Gasteiger partial charge >= 0.3 is 0 Å². The van der Waals surface area contributed by atoms with Gasteiger partial charge in [-0.15, -0.1) is 0 Å². The van der Waals surface area contributed by atoms with Crippen molar-refractivity contribution in [2.45, 2.75) is 38.6 Å². The number of rotatable bonds is 4. The molecule has 1 aromatic heterocycles. The number of carbonyl (C=O) groups excluding carboxylic acids is 1. The first-order chi connectivity index (χ1) is 12.2. The minimum Gasteiger partial charge on any atom is -0.348 e. The molecule has 1 saturated carbocycles. The monoisotopic (exact) mass is 334 g/mol. The van der Waals surface area contributed by atoms with Crippen LogP contribution in [-0.4, -0.2) is 21.7 Å². The van der Waals surface area contributed by atoms with Crippen molar-refractivity contribution in [3.05, 3.63) is 53.9 Å². The Morgan fingerprint density at radius 2 is 2.08 bits per heavy atom. The Labute approximate surface area is 148 Å². The van der Waals surface area contributed by atoms with E-state index in [0.717, 1.165) is 30.5 Å². The van der Waals surface area contributed by atoms with Crippen LogP contribution in [0.1, 0.15) is 38.2 Å². The molecule has 3 rings (SSSR count). The number of nitriles is 1. The van der Waals surface area contributed by atoms with Crippen LogP contribution in [-0.2, 0) is 4.79 Å². The summed E-state index contributed by atoms with van der Waals surface area (Å²) in [6, 6.07) is 11.9. The number of carbonyl (C=O) groups is 1. The Hall–Kier alpha value is -2.87. The maximum absolute atomic E-state index is 12.4. The van der Waals surface area contributed by atoms with Crippen molar-refractivity contribution >= 4 is 12.0 Å². The number of amides is 1. The van der Waals surface area contributed by atoms with E-state index in [1.54, 1.807) is 17.0 Å². The fraction of sp³-hybridized carbons (Fsp3) is 0.350. The molecule has 0 unspecified atom stereocenters. The van der Waals surface area contributed by atoms with Crippen LogP contribution in [0.2, 0.25) is 0 Å². The van der Waals surface area contributed by atoms with E-state index in [9.17, 15) is 10.1 Å². The highest BCUT2D eigenvalue weighted by molar-refractivity contribution is 6.01. The van der Waals surface area contributed by atoms with E-state index in [1.807, 2.05) is 42.6 Å². The molecule has 2 atom stereocenters. The number of hydrogen-bond donors (Lipinski definition) is 1. The molecule has 5 heteroatoms. The lowest BCUT2D eigenvalue weighted by Crippen LogP contribution is -2.41. The van der Waals surface area contributed by atoms with Gasteiger partial charge in [-0.2, -0.15) is 10.4 Å². The molecule has 128 valence electrons. The Morgan fingerprint density at radius 1 is 1.32 bits per heavy atom. The summed E-state index contributed by atoms with van der Waals surface area (Å²) < 4.78 is 1.72. The highest BCUT2D eigenvalue weighted by atomic mass is 16.1. The van der Waals surface area contributed by atoms with Gasteiger partial charge in [0.1, 0.15) is 11.6 Å². The van der Waals surface area contributed by atoms with E-state index in [4.69, 9.17) is 0 Å². The van der Waals surface area contributed by atoms with Crippen molar-refractivity contribution in [2.75, 3.05) is 0 Å². The first-order valence-electron chi connectivity index (χ1n) is 8.70. The lowest BCUT2D eigenvalue weighted by Gasteiger charge is -2.29. The molecule has 0 aliphatic heterocycles. The van der Waals surface area contributed by atoms with Crippen LogP contribution in [0.3, 0.4) is 0 Å². The SMILES string of the molecule is C[C@@H]1CCCC[C@H]1NC(=O)/C(C#N)=C/c1cnn(-c2ccccc2)c1. The highest BCUT2D eigenvalue weighted by Gasteiger charge is 2.24. The van der Waals surface area contributed by atoms with Crippen LogP contribution < -0.4 is 5.32 Å². The Bertz CT molecular complexity index is 801. The Morgan fingerprint density at radius 3 is 2.80 bits per heavy atom. The van der Waals surface area contributed by atoms with Crippen LogP contribution in [0.4, 0.5) is 0 Å². The van der Waals surface area contributed by atoms with Crippen molar-refractivity contribution in [3.8, 4) is 11.8 Å². The van der Waals surface area contributed by atoms with Crippen molar-refractivity contribution in [2.24, 2.45) is 5.92 Å². The molecule has 25 heavy (non-hydrogen) atoms. The second kappa shape index (κ2) is 7.80. The lowest BCUT2D eigenvalue weighted by molar-refractivity contribution is -0.118. The summed E-state index contributed by atoms with van der Waals surface area (Å²) in [5, 5.41) is 16.7. The van der Waals surface area contributed by atoms with E-state index in [0.29, 0.717) is 5.92 Å². The summed E-state index contributed by atoms with van der Waals surface area (Å²) >= 11 is 0. The summed E-state index contributed by atoms with van der Waals surface area (Å²) in [7, 11) is 0. The average molecular weight is 334 g/mol. The summed E-state index contributed by atoms with van der Waals surface area (Å²) in [5.41, 5.74) is 1.78. The molecule has 1 amide bonds. The van der Waals surface area contributed by atoms with Gasteiger partial charge in [-0.05, 0) is 37.0 Å². The van der Waals surface area contributed by atoms with Gasteiger partial charge in [0, 0.05) is 17.8 Å². The van der Waals surface area contributed by atoms with Crippen LogP contribution in [0.25, 0.3) is 11.8 Å². The lowest BCUT2D eigenvalue weighted by atomic mass is 9.86. The number of hydrogen-bond acceptors (Lipinski definition) is 3. The van der Waals surface area contributed by atoms with Gasteiger partial charge in [0.25, 0.3) is 5.91 Å². The minimum absolute atomic E-state index is 0.116. The largest absolute Gasteiger partial charge is 0.348 e. The van der Waals surface area contributed by atoms with E-state index in [-0.39, 0.29) is 17.5 Å². The Balaban J connectivity index is 1.73. The third kappa shape index (κ3) is 4.16. The number of benzene rings is 1. The van der Waals surface area contributed by atoms with Gasteiger partial charge in [0.05, 0.1) is 11.9 Å². The molecule has 1 aromatic carbocycles. The number of nitrogens with one attached hydrogen (secondary N) is 1. The zero-order valence-electron chi connectivity index (χ0n) is 14.4. The van der Waals surface area contributed by atoms with Gasteiger partial charge < -0.3 is 5.32 Å². The standard InChI is InChI=1S/C20H22N4O/c1-15-7-5-6-10-19(15)23-20(25)17(12-21)11-16-13-22-24(14-16)18-8-3-2-4-9-18/h2-4,8-9,11,13-15,19H,5-7,10H2,1H3,(H,23,25)/b17-11+/t15-,19-/m1/s1. The molecule has 0 saturated heterocycles. The number of para-hydroxylation sites is 1. The topological polar surface area (TPSA) is 70.7 Å². The zero-order valence-corrected chi connectivity index (χ0v) is 14.4. The molecular formula is C20H22N4O. The van der Waals surface area contributed by atoms with Crippen molar-refractivity contribution in [1.29, 1.82) is 5.26 Å². The summed E-state index contributed by atoms with van der Waals surface area (Å²) in [4.78, 5) is 12.4. The molecule has 5 nitrogen and oxygen atoms in total. The third-order valence-corrected chi connectivity index (χ3v) is 4.73. The van der Waals surface area contributed by atoms with E-state index >= 15 is 0 Å². The Kier molecular flexibility index (Phi) is 5.30. The van der Waals surface area contributed by atoms with Gasteiger partial charge in [-0.3, -0.25) is 4.79 Å². The molecule has 1 aliphatic rings. The smallest absolute Gasteiger partial charge is 0.262 e. The fourth-order valence-corrected chi connectivity index (χ4v) is 3.23. The first kappa shape index (κ1) is 17.0. The summed E-state index contributed by atoms with van der Waals surface area (Å²) in [5.74, 6) is 0.159. The quantitative estimate of drug-likeness (QED) is 0.687. The maximum atomic E-state index is 12.4. The van der Waals surface area contributed by atoms with E-state index in [2.05, 4.69) is 17.3 Å². The van der Waals surface area contributed by atoms with E-state index in [1.165, 1.54) is 6.42 Å². The van der Waals surface area contributed by atoms with Crippen LogP contribution in [0.5, 0.6) is 0 Å². The van der Waals surface area contributed by atoms with Gasteiger partial charge in [0.15, 0.2) is 0 Å². The first-order valence-corrected chi connectivity index (χ1v) is 8.70. The molecule has 1 N–H and O–H groups in total. The number of aromatic nitrogens is 2. The van der Waals surface area contributed by atoms with Gasteiger partial charge in [-0.1, -0.05) is 38.0 Å². The average Bonchev–Trinajstić information content (AvgIpc) is 3.11. The molecule has 0 radical (unpaired) electrons.